The first-order chi connectivity index (χ1) is 5.45. The number of carbonyl (C=O) groups excluding carboxylic acids is 2. The lowest BCUT2D eigenvalue weighted by molar-refractivity contribution is -0.328. The maximum atomic E-state index is 10.6. The van der Waals surface area contributed by atoms with Crippen molar-refractivity contribution in [2.45, 2.75) is 39.9 Å². The minimum atomic E-state index is -0.619. The van der Waals surface area contributed by atoms with Crippen LogP contribution in [0.1, 0.15) is 27.7 Å². The largest absolute Gasteiger partial charge is 0.297 e. The van der Waals surface area contributed by atoms with Crippen molar-refractivity contribution in [1.29, 1.82) is 0 Å². The van der Waals surface area contributed by atoms with Crippen LogP contribution in [0.5, 0.6) is 0 Å². The van der Waals surface area contributed by atoms with Gasteiger partial charge < -0.3 is 0 Å². The normalized spacial score (nSPS) is 15.3. The predicted octanol–water partition coefficient (Wildman–Crippen LogP) is 0.890. The van der Waals surface area contributed by atoms with Gasteiger partial charge in [-0.15, -0.1) is 0 Å². The molecule has 0 aliphatic heterocycles. The first-order valence-electron chi connectivity index (χ1n) is 3.78. The van der Waals surface area contributed by atoms with Crippen LogP contribution in [0, 0.1) is 0 Å². The molecule has 2 unspecified atom stereocenters. The third-order valence-corrected chi connectivity index (χ3v) is 1.49. The van der Waals surface area contributed by atoms with Crippen LogP contribution < -0.4 is 0 Å². The van der Waals surface area contributed by atoms with E-state index in [0.717, 1.165) is 0 Å². The summed E-state index contributed by atoms with van der Waals surface area (Å²) in [5, 5.41) is 0. The van der Waals surface area contributed by atoms with Gasteiger partial charge in [-0.1, -0.05) is 0 Å². The van der Waals surface area contributed by atoms with Crippen LogP contribution in [0.15, 0.2) is 0 Å². The second kappa shape index (κ2) is 5.00. The molecule has 0 fully saturated rings. The highest BCUT2D eigenvalue weighted by Crippen LogP contribution is 1.98. The summed E-state index contributed by atoms with van der Waals surface area (Å²) in [4.78, 5) is 30.6. The second-order valence-corrected chi connectivity index (χ2v) is 2.70. The van der Waals surface area contributed by atoms with Crippen molar-refractivity contribution in [2.24, 2.45) is 0 Å². The van der Waals surface area contributed by atoms with Crippen LogP contribution in [-0.2, 0) is 19.4 Å². The van der Waals surface area contributed by atoms with Crippen LogP contribution >= 0.6 is 0 Å². The summed E-state index contributed by atoms with van der Waals surface area (Å²) in [5.41, 5.74) is 0. The number of hydrogen-bond donors (Lipinski definition) is 0. The van der Waals surface area contributed by atoms with E-state index >= 15 is 0 Å². The maximum Gasteiger partial charge on any atom is 0.161 e. The first kappa shape index (κ1) is 11.3. The standard InChI is InChI=1S/C8H14O4/c1-5(9)7(3)11-12-8(4)6(2)10/h7-8H,1-4H3. The molecule has 0 saturated carbocycles. The third kappa shape index (κ3) is 4.20. The lowest BCUT2D eigenvalue weighted by Gasteiger charge is -2.11. The summed E-state index contributed by atoms with van der Waals surface area (Å²) < 4.78 is 0. The van der Waals surface area contributed by atoms with Gasteiger partial charge in [0.2, 0.25) is 0 Å². The van der Waals surface area contributed by atoms with E-state index < -0.39 is 12.2 Å². The SMILES string of the molecule is CC(=O)C(C)OOC(C)C(C)=O. The third-order valence-electron chi connectivity index (χ3n) is 1.49. The highest BCUT2D eigenvalue weighted by atomic mass is 17.2. The van der Waals surface area contributed by atoms with Crippen molar-refractivity contribution in [3.05, 3.63) is 0 Å². The molecule has 0 radical (unpaired) electrons. The summed E-state index contributed by atoms with van der Waals surface area (Å²) in [6.07, 6.45) is -1.24. The molecule has 0 aliphatic carbocycles. The number of ketones is 2. The fourth-order valence-electron chi connectivity index (χ4n) is 0.302. The molecule has 0 rings (SSSR count). The molecule has 70 valence electrons. The van der Waals surface area contributed by atoms with E-state index in [4.69, 9.17) is 0 Å². The minimum Gasteiger partial charge on any atom is -0.297 e. The Morgan fingerprint density at radius 2 is 1.17 bits per heavy atom. The maximum absolute atomic E-state index is 10.6. The highest BCUT2D eigenvalue weighted by Gasteiger charge is 2.13. The molecule has 0 aromatic heterocycles. The Kier molecular flexibility index (Phi) is 4.70. The number of rotatable bonds is 5. The monoisotopic (exact) mass is 174 g/mol. The quantitative estimate of drug-likeness (QED) is 0.458. The lowest BCUT2D eigenvalue weighted by Crippen LogP contribution is -2.24. The van der Waals surface area contributed by atoms with Crippen molar-refractivity contribution in [3.8, 4) is 0 Å². The number of hydrogen-bond acceptors (Lipinski definition) is 4. The van der Waals surface area contributed by atoms with Crippen LogP contribution in [0.4, 0.5) is 0 Å². The van der Waals surface area contributed by atoms with Gasteiger partial charge in [0.1, 0.15) is 12.2 Å². The van der Waals surface area contributed by atoms with Crippen molar-refractivity contribution >= 4 is 11.6 Å². The fourth-order valence-corrected chi connectivity index (χ4v) is 0.302. The summed E-state index contributed by atoms with van der Waals surface area (Å²) in [6.45, 7) is 5.92. The zero-order valence-corrected chi connectivity index (χ0v) is 7.79. The van der Waals surface area contributed by atoms with Gasteiger partial charge in [0.05, 0.1) is 0 Å². The molecule has 0 aliphatic rings. The molecule has 0 aromatic carbocycles. The Morgan fingerprint density at radius 3 is 1.33 bits per heavy atom. The van der Waals surface area contributed by atoms with Gasteiger partial charge in [-0.05, 0) is 27.7 Å². The van der Waals surface area contributed by atoms with E-state index in [9.17, 15) is 9.59 Å². The highest BCUT2D eigenvalue weighted by molar-refractivity contribution is 5.80. The Morgan fingerprint density at radius 1 is 0.917 bits per heavy atom. The number of carbonyl (C=O) groups is 2. The number of Topliss-reactive ketones (excluding diaryl/α,β-unsaturated/α-hetero) is 2. The summed E-state index contributed by atoms with van der Waals surface area (Å²) in [7, 11) is 0. The van der Waals surface area contributed by atoms with Crippen molar-refractivity contribution in [1.82, 2.24) is 0 Å². The Balaban J connectivity index is 3.68. The lowest BCUT2D eigenvalue weighted by atomic mass is 10.3. The van der Waals surface area contributed by atoms with Gasteiger partial charge in [-0.3, -0.25) is 9.59 Å². The summed E-state index contributed by atoms with van der Waals surface area (Å²) in [5.74, 6) is -0.267. The fraction of sp³-hybridized carbons (Fsp3) is 0.750. The molecule has 0 bridgehead atoms. The van der Waals surface area contributed by atoms with Crippen LogP contribution in [0.3, 0.4) is 0 Å². The average molecular weight is 174 g/mol. The molecule has 0 aromatic rings. The molecular weight excluding hydrogens is 160 g/mol. The van der Waals surface area contributed by atoms with Gasteiger partial charge in [0, 0.05) is 0 Å². The Bertz CT molecular complexity index is 156. The van der Waals surface area contributed by atoms with E-state index in [-0.39, 0.29) is 11.6 Å². The molecule has 4 nitrogen and oxygen atoms in total. The van der Waals surface area contributed by atoms with Gasteiger partial charge in [0.15, 0.2) is 11.6 Å². The van der Waals surface area contributed by atoms with Crippen molar-refractivity contribution in [3.63, 3.8) is 0 Å². The van der Waals surface area contributed by atoms with Gasteiger partial charge in [0.25, 0.3) is 0 Å². The molecule has 2 atom stereocenters. The molecule has 12 heavy (non-hydrogen) atoms. The molecule has 0 spiro atoms. The molecule has 0 heterocycles. The van der Waals surface area contributed by atoms with E-state index in [1.165, 1.54) is 13.8 Å². The second-order valence-electron chi connectivity index (χ2n) is 2.70. The van der Waals surface area contributed by atoms with Gasteiger partial charge in [-0.2, -0.15) is 0 Å². The summed E-state index contributed by atoms with van der Waals surface area (Å²) >= 11 is 0. The van der Waals surface area contributed by atoms with Crippen LogP contribution in [-0.4, -0.2) is 23.8 Å². The topological polar surface area (TPSA) is 52.6 Å². The smallest absolute Gasteiger partial charge is 0.161 e. The molecule has 0 saturated heterocycles. The van der Waals surface area contributed by atoms with E-state index in [1.54, 1.807) is 13.8 Å². The van der Waals surface area contributed by atoms with Gasteiger partial charge in [-0.25, -0.2) is 9.78 Å². The zero-order chi connectivity index (χ0) is 9.72. The summed E-state index contributed by atoms with van der Waals surface area (Å²) in [6, 6.07) is 0. The Labute approximate surface area is 71.8 Å². The zero-order valence-electron chi connectivity index (χ0n) is 7.79. The Hall–Kier alpha value is -0.740. The predicted molar refractivity (Wildman–Crippen MR) is 42.5 cm³/mol. The molecule has 4 heteroatoms. The molecule has 0 amide bonds. The van der Waals surface area contributed by atoms with Crippen molar-refractivity contribution < 1.29 is 19.4 Å². The minimum absolute atomic E-state index is 0.134. The van der Waals surface area contributed by atoms with E-state index in [2.05, 4.69) is 9.78 Å². The molecular formula is C8H14O4. The average Bonchev–Trinajstić information content (AvgIpc) is 1.98. The first-order valence-corrected chi connectivity index (χ1v) is 3.78. The molecule has 0 N–H and O–H groups in total. The van der Waals surface area contributed by atoms with Crippen LogP contribution in [0.2, 0.25) is 0 Å². The van der Waals surface area contributed by atoms with Gasteiger partial charge >= 0.3 is 0 Å². The van der Waals surface area contributed by atoms with E-state index in [1.807, 2.05) is 0 Å². The van der Waals surface area contributed by atoms with Crippen molar-refractivity contribution in [2.75, 3.05) is 0 Å². The van der Waals surface area contributed by atoms with E-state index in [0.29, 0.717) is 0 Å². The van der Waals surface area contributed by atoms with Crippen LogP contribution in [0.25, 0.3) is 0 Å².